The standard InChI is InChI=1S/C24H22N2O2/c1-15-7-14-20(24(28)26-19-12-13-19)22(25)21(15)16-8-10-18(11-9-16)23(27)17-5-3-2-4-6-17/h2-11,14,19H,12-13,25H2,1H3,(H,26,28). The Hall–Kier alpha value is -3.40. The zero-order valence-electron chi connectivity index (χ0n) is 15.7. The average Bonchev–Trinajstić information content (AvgIpc) is 3.52. The molecule has 3 N–H and O–H groups in total. The van der Waals surface area contributed by atoms with Gasteiger partial charge in [0.05, 0.1) is 11.3 Å². The maximum atomic E-state index is 12.6. The summed E-state index contributed by atoms with van der Waals surface area (Å²) in [6, 6.07) is 20.6. The van der Waals surface area contributed by atoms with E-state index < -0.39 is 0 Å². The Morgan fingerprint density at radius 3 is 2.18 bits per heavy atom. The molecule has 3 aromatic carbocycles. The van der Waals surface area contributed by atoms with E-state index in [1.807, 2.05) is 43.3 Å². The van der Waals surface area contributed by atoms with E-state index >= 15 is 0 Å². The fourth-order valence-electron chi connectivity index (χ4n) is 3.34. The van der Waals surface area contributed by atoms with Gasteiger partial charge in [-0.1, -0.05) is 60.7 Å². The van der Waals surface area contributed by atoms with Crippen molar-refractivity contribution in [2.24, 2.45) is 0 Å². The molecule has 0 atom stereocenters. The molecular formula is C24H22N2O2. The van der Waals surface area contributed by atoms with Gasteiger partial charge in [-0.15, -0.1) is 0 Å². The molecule has 0 radical (unpaired) electrons. The number of nitrogens with one attached hydrogen (secondary N) is 1. The smallest absolute Gasteiger partial charge is 0.253 e. The van der Waals surface area contributed by atoms with Gasteiger partial charge in [-0.3, -0.25) is 9.59 Å². The van der Waals surface area contributed by atoms with Crippen LogP contribution in [0.3, 0.4) is 0 Å². The van der Waals surface area contributed by atoms with Crippen LogP contribution in [0.4, 0.5) is 5.69 Å². The summed E-state index contributed by atoms with van der Waals surface area (Å²) in [5.74, 6) is -0.147. The molecule has 0 saturated heterocycles. The van der Waals surface area contributed by atoms with Crippen LogP contribution in [0.25, 0.3) is 11.1 Å². The van der Waals surface area contributed by atoms with Crippen LogP contribution in [0.1, 0.15) is 44.7 Å². The molecule has 4 nitrogen and oxygen atoms in total. The normalized spacial score (nSPS) is 13.2. The van der Waals surface area contributed by atoms with Crippen LogP contribution in [-0.4, -0.2) is 17.7 Å². The van der Waals surface area contributed by atoms with Crippen molar-refractivity contribution in [1.82, 2.24) is 5.32 Å². The summed E-state index contributed by atoms with van der Waals surface area (Å²) in [4.78, 5) is 25.1. The molecule has 1 aliphatic rings. The predicted octanol–water partition coefficient (Wildman–Crippen LogP) is 4.37. The molecule has 1 amide bonds. The molecule has 1 saturated carbocycles. The largest absolute Gasteiger partial charge is 0.398 e. The van der Waals surface area contributed by atoms with E-state index in [0.29, 0.717) is 22.4 Å². The Morgan fingerprint density at radius 2 is 1.54 bits per heavy atom. The zero-order chi connectivity index (χ0) is 19.7. The van der Waals surface area contributed by atoms with Gasteiger partial charge in [0.25, 0.3) is 5.91 Å². The van der Waals surface area contributed by atoms with Crippen LogP contribution < -0.4 is 11.1 Å². The number of nitrogens with two attached hydrogens (primary N) is 1. The third-order valence-electron chi connectivity index (χ3n) is 5.08. The molecule has 4 rings (SSSR count). The lowest BCUT2D eigenvalue weighted by atomic mass is 9.93. The quantitative estimate of drug-likeness (QED) is 0.517. The minimum absolute atomic E-state index is 0.0191. The summed E-state index contributed by atoms with van der Waals surface area (Å²) >= 11 is 0. The van der Waals surface area contributed by atoms with Gasteiger partial charge in [0.2, 0.25) is 0 Å². The number of benzene rings is 3. The van der Waals surface area contributed by atoms with E-state index in [-0.39, 0.29) is 17.7 Å². The van der Waals surface area contributed by atoms with Crippen molar-refractivity contribution in [3.63, 3.8) is 0 Å². The lowest BCUT2D eigenvalue weighted by Crippen LogP contribution is -2.26. The van der Waals surface area contributed by atoms with Crippen molar-refractivity contribution in [2.75, 3.05) is 5.73 Å². The average molecular weight is 370 g/mol. The monoisotopic (exact) mass is 370 g/mol. The number of nitrogen functional groups attached to an aromatic ring is 1. The van der Waals surface area contributed by atoms with Crippen LogP contribution in [0.15, 0.2) is 66.7 Å². The topological polar surface area (TPSA) is 72.2 Å². The fraction of sp³-hybridized carbons (Fsp3) is 0.167. The molecule has 4 heteroatoms. The van der Waals surface area contributed by atoms with E-state index in [9.17, 15) is 9.59 Å². The minimum Gasteiger partial charge on any atom is -0.398 e. The number of aryl methyl sites for hydroxylation is 1. The highest BCUT2D eigenvalue weighted by atomic mass is 16.1. The summed E-state index contributed by atoms with van der Waals surface area (Å²) in [6.45, 7) is 1.97. The van der Waals surface area contributed by atoms with Gasteiger partial charge in [0.1, 0.15) is 0 Å². The molecule has 0 bridgehead atoms. The Labute approximate surface area is 164 Å². The van der Waals surface area contributed by atoms with Gasteiger partial charge < -0.3 is 11.1 Å². The van der Waals surface area contributed by atoms with Crippen LogP contribution in [0.5, 0.6) is 0 Å². The number of carbonyl (C=O) groups excluding carboxylic acids is 2. The summed E-state index contributed by atoms with van der Waals surface area (Å²) in [6.07, 6.45) is 2.06. The van der Waals surface area contributed by atoms with Crippen LogP contribution in [-0.2, 0) is 0 Å². The summed E-state index contributed by atoms with van der Waals surface area (Å²) in [5.41, 5.74) is 11.3. The maximum absolute atomic E-state index is 12.6. The highest BCUT2D eigenvalue weighted by molar-refractivity contribution is 6.09. The molecule has 0 heterocycles. The second-order valence-electron chi connectivity index (χ2n) is 7.24. The van der Waals surface area contributed by atoms with Gasteiger partial charge in [-0.2, -0.15) is 0 Å². The number of anilines is 1. The Balaban J connectivity index is 1.65. The van der Waals surface area contributed by atoms with Crippen LogP contribution in [0, 0.1) is 6.92 Å². The second-order valence-corrected chi connectivity index (χ2v) is 7.24. The van der Waals surface area contributed by atoms with Crippen molar-refractivity contribution >= 4 is 17.4 Å². The van der Waals surface area contributed by atoms with Crippen molar-refractivity contribution < 1.29 is 9.59 Å². The lowest BCUT2D eigenvalue weighted by Gasteiger charge is -2.15. The van der Waals surface area contributed by atoms with E-state index in [2.05, 4.69) is 5.32 Å². The minimum atomic E-state index is -0.128. The summed E-state index contributed by atoms with van der Waals surface area (Å²) in [7, 11) is 0. The number of hydrogen-bond acceptors (Lipinski definition) is 3. The first-order valence-corrected chi connectivity index (χ1v) is 9.44. The van der Waals surface area contributed by atoms with Crippen molar-refractivity contribution in [3.8, 4) is 11.1 Å². The molecule has 28 heavy (non-hydrogen) atoms. The molecule has 0 aromatic heterocycles. The van der Waals surface area contributed by atoms with Gasteiger partial charge in [0.15, 0.2) is 5.78 Å². The number of amides is 1. The van der Waals surface area contributed by atoms with Gasteiger partial charge in [0, 0.05) is 22.7 Å². The number of rotatable bonds is 5. The van der Waals surface area contributed by atoms with Gasteiger partial charge >= 0.3 is 0 Å². The van der Waals surface area contributed by atoms with Crippen molar-refractivity contribution in [1.29, 1.82) is 0 Å². The highest BCUT2D eigenvalue weighted by Crippen LogP contribution is 2.33. The molecule has 0 spiro atoms. The molecule has 140 valence electrons. The zero-order valence-corrected chi connectivity index (χ0v) is 15.7. The lowest BCUT2D eigenvalue weighted by molar-refractivity contribution is 0.0951. The Kier molecular flexibility index (Phi) is 4.70. The number of hydrogen-bond donors (Lipinski definition) is 2. The summed E-state index contributed by atoms with van der Waals surface area (Å²) < 4.78 is 0. The fourth-order valence-corrected chi connectivity index (χ4v) is 3.34. The maximum Gasteiger partial charge on any atom is 0.253 e. The van der Waals surface area contributed by atoms with Crippen molar-refractivity contribution in [2.45, 2.75) is 25.8 Å². The van der Waals surface area contributed by atoms with Gasteiger partial charge in [-0.25, -0.2) is 0 Å². The number of ketones is 1. The number of carbonyl (C=O) groups is 2. The first kappa shape index (κ1) is 18.0. The van der Waals surface area contributed by atoms with E-state index in [1.54, 1.807) is 30.3 Å². The van der Waals surface area contributed by atoms with E-state index in [1.165, 1.54) is 0 Å². The van der Waals surface area contributed by atoms with Crippen LogP contribution in [0.2, 0.25) is 0 Å². The Bertz CT molecular complexity index is 1040. The highest BCUT2D eigenvalue weighted by Gasteiger charge is 2.25. The molecular weight excluding hydrogens is 348 g/mol. The predicted molar refractivity (Wildman–Crippen MR) is 111 cm³/mol. The van der Waals surface area contributed by atoms with Crippen molar-refractivity contribution in [3.05, 3.63) is 89.0 Å². The third-order valence-corrected chi connectivity index (χ3v) is 5.08. The second kappa shape index (κ2) is 7.31. The molecule has 3 aromatic rings. The first-order valence-electron chi connectivity index (χ1n) is 9.44. The van der Waals surface area contributed by atoms with Gasteiger partial charge in [-0.05, 0) is 37.0 Å². The Morgan fingerprint density at radius 1 is 0.893 bits per heavy atom. The van der Waals surface area contributed by atoms with E-state index in [0.717, 1.165) is 29.5 Å². The SMILES string of the molecule is Cc1ccc(C(=O)NC2CC2)c(N)c1-c1ccc(C(=O)c2ccccc2)cc1. The molecule has 0 unspecified atom stereocenters. The molecule has 1 fully saturated rings. The van der Waals surface area contributed by atoms with Crippen LogP contribution >= 0.6 is 0 Å². The molecule has 0 aliphatic heterocycles. The third kappa shape index (κ3) is 3.54. The first-order chi connectivity index (χ1) is 13.5. The molecule has 1 aliphatic carbocycles. The summed E-state index contributed by atoms with van der Waals surface area (Å²) in [5, 5.41) is 2.99. The van der Waals surface area contributed by atoms with E-state index in [4.69, 9.17) is 5.73 Å².